The normalized spacial score (nSPS) is 15.4. The molecule has 1 unspecified atom stereocenters. The van der Waals surface area contributed by atoms with Crippen molar-refractivity contribution in [1.82, 2.24) is 0 Å². The van der Waals surface area contributed by atoms with Gasteiger partial charge in [-0.2, -0.15) is 5.26 Å². The van der Waals surface area contributed by atoms with Gasteiger partial charge in [-0.05, 0) is 38.5 Å². The molecule has 1 heteroatoms. The summed E-state index contributed by atoms with van der Waals surface area (Å²) in [6, 6.07) is 2.41. The van der Waals surface area contributed by atoms with E-state index >= 15 is 0 Å². The van der Waals surface area contributed by atoms with E-state index in [1.165, 1.54) is 0 Å². The highest BCUT2D eigenvalue weighted by Gasteiger charge is 2.23. The maximum absolute atomic E-state index is 9.04. The Balaban J connectivity index is 3.90. The minimum absolute atomic E-state index is 0.194. The smallest absolute Gasteiger partial charge is 0.0689 e. The molecule has 0 N–H and O–H groups in total. The predicted molar refractivity (Wildman–Crippen MR) is 57.0 cm³/mol. The van der Waals surface area contributed by atoms with E-state index in [4.69, 9.17) is 5.26 Å². The van der Waals surface area contributed by atoms with Crippen LogP contribution in [-0.2, 0) is 0 Å². The molecule has 0 aromatic heterocycles. The highest BCUT2D eigenvalue weighted by Crippen LogP contribution is 2.29. The fourth-order valence-corrected chi connectivity index (χ4v) is 1.26. The lowest BCUT2D eigenvalue weighted by Gasteiger charge is -2.21. The fraction of sp³-hybridized carbons (Fsp3) is 0.833. The topological polar surface area (TPSA) is 23.8 Å². The van der Waals surface area contributed by atoms with Gasteiger partial charge in [0.2, 0.25) is 0 Å². The quantitative estimate of drug-likeness (QED) is 0.607. The van der Waals surface area contributed by atoms with Crippen LogP contribution in [0.25, 0.3) is 0 Å². The third-order valence-electron chi connectivity index (χ3n) is 2.38. The summed E-state index contributed by atoms with van der Waals surface area (Å²) in [5.41, 5.74) is -0.194. The third-order valence-corrected chi connectivity index (χ3v) is 2.38. The molecule has 0 saturated heterocycles. The van der Waals surface area contributed by atoms with Gasteiger partial charge in [0.1, 0.15) is 0 Å². The first-order valence-electron chi connectivity index (χ1n) is 5.29. The maximum Gasteiger partial charge on any atom is 0.0689 e. The molecule has 1 atom stereocenters. The van der Waals surface area contributed by atoms with E-state index in [9.17, 15) is 0 Å². The summed E-state index contributed by atoms with van der Waals surface area (Å²) in [4.78, 5) is 0. The van der Waals surface area contributed by atoms with Crippen LogP contribution in [-0.4, -0.2) is 0 Å². The van der Waals surface area contributed by atoms with Crippen LogP contribution in [0.2, 0.25) is 0 Å². The predicted octanol–water partition coefficient (Wildman–Crippen LogP) is 3.96. The minimum Gasteiger partial charge on any atom is -0.198 e. The van der Waals surface area contributed by atoms with Gasteiger partial charge in [0.05, 0.1) is 11.5 Å². The van der Waals surface area contributed by atoms with E-state index in [1.54, 1.807) is 0 Å². The molecule has 0 aliphatic rings. The zero-order valence-electron chi connectivity index (χ0n) is 9.43. The first-order valence-corrected chi connectivity index (χ1v) is 5.29. The summed E-state index contributed by atoms with van der Waals surface area (Å²) in [7, 11) is 0. The Hall–Kier alpha value is -0.510. The van der Waals surface area contributed by atoms with Crippen molar-refractivity contribution in [1.29, 1.82) is 5.26 Å². The Morgan fingerprint density at radius 1 is 1.46 bits per heavy atom. The van der Waals surface area contributed by atoms with E-state index in [-0.39, 0.29) is 5.41 Å². The standard InChI is InChI=1S/C12H22N/c1-5-6-8-12(4,10-13)9-7-11(2)3/h8,11H,5-7,9H2,1-4H3. The molecular weight excluding hydrogens is 158 g/mol. The van der Waals surface area contributed by atoms with E-state index < -0.39 is 0 Å². The number of nitrogens with zero attached hydrogens (tertiary/aromatic N) is 1. The lowest BCUT2D eigenvalue weighted by molar-refractivity contribution is 0.398. The Bertz CT molecular complexity index is 166. The molecule has 0 heterocycles. The van der Waals surface area contributed by atoms with Crippen molar-refractivity contribution in [3.05, 3.63) is 6.42 Å². The van der Waals surface area contributed by atoms with Crippen LogP contribution in [0.15, 0.2) is 0 Å². The van der Waals surface area contributed by atoms with Crippen molar-refractivity contribution in [2.75, 3.05) is 0 Å². The molecule has 0 rings (SSSR count). The molecule has 0 saturated carbocycles. The highest BCUT2D eigenvalue weighted by atomic mass is 14.3. The number of unbranched alkanes of at least 4 members (excludes halogenated alkanes) is 1. The van der Waals surface area contributed by atoms with Crippen LogP contribution in [0.5, 0.6) is 0 Å². The molecule has 0 fully saturated rings. The first-order chi connectivity index (χ1) is 6.04. The molecule has 0 aromatic rings. The first kappa shape index (κ1) is 12.5. The monoisotopic (exact) mass is 180 g/mol. The lowest BCUT2D eigenvalue weighted by atomic mass is 9.80. The van der Waals surface area contributed by atoms with Gasteiger partial charge >= 0.3 is 0 Å². The largest absolute Gasteiger partial charge is 0.198 e. The summed E-state index contributed by atoms with van der Waals surface area (Å²) in [5.74, 6) is 0.697. The van der Waals surface area contributed by atoms with Gasteiger partial charge < -0.3 is 0 Å². The Kier molecular flexibility index (Phi) is 5.79. The second kappa shape index (κ2) is 6.02. The lowest BCUT2D eigenvalue weighted by Crippen LogP contribution is -2.15. The van der Waals surface area contributed by atoms with E-state index in [0.29, 0.717) is 5.92 Å². The molecule has 1 radical (unpaired) electrons. The second-order valence-corrected chi connectivity index (χ2v) is 4.45. The number of rotatable bonds is 6. The minimum atomic E-state index is -0.194. The van der Waals surface area contributed by atoms with Crippen LogP contribution in [0.1, 0.15) is 53.4 Å². The molecule has 1 nitrogen and oxygen atoms in total. The molecule has 0 spiro atoms. The molecule has 0 bridgehead atoms. The molecular formula is C12H22N. The van der Waals surface area contributed by atoms with Gasteiger partial charge in [0.15, 0.2) is 0 Å². The second-order valence-electron chi connectivity index (χ2n) is 4.45. The summed E-state index contributed by atoms with van der Waals surface area (Å²) < 4.78 is 0. The van der Waals surface area contributed by atoms with E-state index in [1.807, 2.05) is 6.92 Å². The SMILES string of the molecule is CCC[CH]C(C)(C#N)CCC(C)C. The van der Waals surface area contributed by atoms with Gasteiger partial charge in [-0.3, -0.25) is 0 Å². The maximum atomic E-state index is 9.04. The molecule has 0 aliphatic carbocycles. The van der Waals surface area contributed by atoms with Crippen LogP contribution in [0, 0.1) is 29.1 Å². The fourth-order valence-electron chi connectivity index (χ4n) is 1.26. The van der Waals surface area contributed by atoms with Crippen molar-refractivity contribution in [3.8, 4) is 6.07 Å². The molecule has 0 aromatic carbocycles. The van der Waals surface area contributed by atoms with Crippen LogP contribution < -0.4 is 0 Å². The molecule has 0 aliphatic heterocycles. The van der Waals surface area contributed by atoms with Gasteiger partial charge in [-0.1, -0.05) is 27.2 Å². The summed E-state index contributed by atoms with van der Waals surface area (Å²) in [5, 5.41) is 9.04. The summed E-state index contributed by atoms with van der Waals surface area (Å²) in [6.07, 6.45) is 6.52. The zero-order chi connectivity index (χ0) is 10.3. The Morgan fingerprint density at radius 3 is 2.46 bits per heavy atom. The number of hydrogen-bond acceptors (Lipinski definition) is 1. The van der Waals surface area contributed by atoms with Crippen molar-refractivity contribution in [2.45, 2.75) is 53.4 Å². The average Bonchev–Trinajstić information content (AvgIpc) is 2.11. The zero-order valence-corrected chi connectivity index (χ0v) is 9.43. The number of nitriles is 1. The van der Waals surface area contributed by atoms with Gasteiger partial charge in [-0.25, -0.2) is 0 Å². The summed E-state index contributed by atoms with van der Waals surface area (Å²) >= 11 is 0. The Labute approximate surface area is 83.1 Å². The molecule has 75 valence electrons. The van der Waals surface area contributed by atoms with Gasteiger partial charge in [-0.15, -0.1) is 0 Å². The molecule has 0 amide bonds. The highest BCUT2D eigenvalue weighted by molar-refractivity contribution is 5.04. The van der Waals surface area contributed by atoms with Crippen LogP contribution >= 0.6 is 0 Å². The van der Waals surface area contributed by atoms with E-state index in [0.717, 1.165) is 25.7 Å². The summed E-state index contributed by atoms with van der Waals surface area (Å²) in [6.45, 7) is 8.61. The van der Waals surface area contributed by atoms with Crippen molar-refractivity contribution >= 4 is 0 Å². The van der Waals surface area contributed by atoms with Gasteiger partial charge in [0, 0.05) is 0 Å². The van der Waals surface area contributed by atoms with Crippen LogP contribution in [0.3, 0.4) is 0 Å². The number of hydrogen-bond donors (Lipinski definition) is 0. The van der Waals surface area contributed by atoms with Gasteiger partial charge in [0.25, 0.3) is 0 Å². The molecule has 13 heavy (non-hydrogen) atoms. The van der Waals surface area contributed by atoms with Crippen molar-refractivity contribution in [3.63, 3.8) is 0 Å². The van der Waals surface area contributed by atoms with Crippen molar-refractivity contribution in [2.24, 2.45) is 11.3 Å². The van der Waals surface area contributed by atoms with E-state index in [2.05, 4.69) is 33.3 Å². The van der Waals surface area contributed by atoms with Crippen LogP contribution in [0.4, 0.5) is 0 Å². The average molecular weight is 180 g/mol. The Morgan fingerprint density at radius 2 is 2.08 bits per heavy atom. The third kappa shape index (κ3) is 5.69. The van der Waals surface area contributed by atoms with Crippen molar-refractivity contribution < 1.29 is 0 Å².